The highest BCUT2D eigenvalue weighted by Gasteiger charge is 2.19. The van der Waals surface area contributed by atoms with Gasteiger partial charge in [-0.1, -0.05) is 11.6 Å². The molecule has 1 fully saturated rings. The Kier molecular flexibility index (Phi) is 2.92. The lowest BCUT2D eigenvalue weighted by Gasteiger charge is -2.31. The molecule has 1 saturated heterocycles. The molecule has 1 aromatic carbocycles. The predicted molar refractivity (Wildman–Crippen MR) is 73.5 cm³/mol. The lowest BCUT2D eigenvalue weighted by molar-refractivity contribution is 0.305. The molecule has 3 rings (SSSR count). The fourth-order valence-electron chi connectivity index (χ4n) is 2.24. The van der Waals surface area contributed by atoms with Gasteiger partial charge in [0.05, 0.1) is 5.02 Å². The van der Waals surface area contributed by atoms with Crippen LogP contribution in [0.5, 0.6) is 0 Å². The number of rotatable bonds is 1. The zero-order valence-corrected chi connectivity index (χ0v) is 11.4. The second-order valence-electron chi connectivity index (χ2n) is 4.88. The van der Waals surface area contributed by atoms with Gasteiger partial charge < -0.3 is 14.2 Å². The molecule has 0 spiro atoms. The Balaban J connectivity index is 1.96. The number of likely N-dealkylation sites (N-methyl/N-ethyl adjacent to an activating group) is 1. The number of anilines is 1. The van der Waals surface area contributed by atoms with E-state index in [2.05, 4.69) is 21.8 Å². The van der Waals surface area contributed by atoms with E-state index >= 15 is 0 Å². The second-order valence-corrected chi connectivity index (χ2v) is 5.29. The van der Waals surface area contributed by atoms with Gasteiger partial charge in [-0.05, 0) is 31.7 Å². The monoisotopic (exact) mass is 265 g/mol. The molecule has 18 heavy (non-hydrogen) atoms. The third-order valence-electron chi connectivity index (χ3n) is 3.35. The minimum Gasteiger partial charge on any atom is -0.422 e. The summed E-state index contributed by atoms with van der Waals surface area (Å²) in [7, 11) is 2.13. The van der Waals surface area contributed by atoms with Crippen molar-refractivity contribution in [2.45, 2.75) is 6.92 Å². The maximum atomic E-state index is 6.18. The van der Waals surface area contributed by atoms with Crippen LogP contribution in [0.1, 0.15) is 5.56 Å². The van der Waals surface area contributed by atoms with Crippen molar-refractivity contribution in [1.82, 2.24) is 9.88 Å². The number of aryl methyl sites for hydroxylation is 1. The first-order valence-electron chi connectivity index (χ1n) is 6.13. The zero-order valence-electron chi connectivity index (χ0n) is 10.6. The van der Waals surface area contributed by atoms with Crippen LogP contribution in [0.4, 0.5) is 6.01 Å². The SMILES string of the molecule is Cc1cc(Cl)c2oc(N3CCN(C)CC3)nc2c1. The number of hydrogen-bond acceptors (Lipinski definition) is 4. The van der Waals surface area contributed by atoms with E-state index in [1.54, 1.807) is 0 Å². The quantitative estimate of drug-likeness (QED) is 0.793. The van der Waals surface area contributed by atoms with Gasteiger partial charge in [0.25, 0.3) is 6.01 Å². The number of oxazole rings is 1. The van der Waals surface area contributed by atoms with Gasteiger partial charge >= 0.3 is 0 Å². The Morgan fingerprint density at radius 3 is 2.67 bits per heavy atom. The third-order valence-corrected chi connectivity index (χ3v) is 3.63. The normalized spacial score (nSPS) is 17.6. The molecule has 0 amide bonds. The Bertz CT molecular complexity index is 573. The minimum absolute atomic E-state index is 0.637. The van der Waals surface area contributed by atoms with E-state index < -0.39 is 0 Å². The Labute approximate surface area is 111 Å². The van der Waals surface area contributed by atoms with E-state index in [9.17, 15) is 0 Å². The van der Waals surface area contributed by atoms with E-state index in [-0.39, 0.29) is 0 Å². The van der Waals surface area contributed by atoms with Gasteiger partial charge in [-0.3, -0.25) is 0 Å². The molecule has 2 aromatic rings. The van der Waals surface area contributed by atoms with Crippen molar-refractivity contribution in [3.63, 3.8) is 0 Å². The standard InChI is InChI=1S/C13H16ClN3O/c1-9-7-10(14)12-11(8-9)15-13(18-12)17-5-3-16(2)4-6-17/h7-8H,3-6H2,1-2H3. The van der Waals surface area contributed by atoms with E-state index in [1.165, 1.54) is 0 Å². The number of aromatic nitrogens is 1. The molecule has 2 heterocycles. The molecule has 1 aromatic heterocycles. The molecule has 96 valence electrons. The summed E-state index contributed by atoms with van der Waals surface area (Å²) >= 11 is 6.18. The summed E-state index contributed by atoms with van der Waals surface area (Å²) in [5.41, 5.74) is 2.64. The fraction of sp³-hybridized carbons (Fsp3) is 0.462. The van der Waals surface area contributed by atoms with Gasteiger partial charge in [0.1, 0.15) is 5.52 Å². The lowest BCUT2D eigenvalue weighted by atomic mass is 10.2. The van der Waals surface area contributed by atoms with E-state index in [4.69, 9.17) is 16.0 Å². The number of fused-ring (bicyclic) bond motifs is 1. The molecule has 0 atom stereocenters. The number of benzene rings is 1. The van der Waals surface area contributed by atoms with Gasteiger partial charge in [0.2, 0.25) is 0 Å². The summed E-state index contributed by atoms with van der Waals surface area (Å²) in [5.74, 6) is 0. The largest absolute Gasteiger partial charge is 0.422 e. The molecule has 0 saturated carbocycles. The van der Waals surface area contributed by atoms with Crippen molar-refractivity contribution in [3.8, 4) is 0 Å². The highest BCUT2D eigenvalue weighted by molar-refractivity contribution is 6.34. The number of piperazine rings is 1. The van der Waals surface area contributed by atoms with Crippen LogP contribution in [-0.4, -0.2) is 43.1 Å². The molecule has 1 aliphatic rings. The number of nitrogens with zero attached hydrogens (tertiary/aromatic N) is 3. The Morgan fingerprint density at radius 1 is 1.22 bits per heavy atom. The fourth-order valence-corrected chi connectivity index (χ4v) is 2.55. The first-order valence-corrected chi connectivity index (χ1v) is 6.51. The summed E-state index contributed by atoms with van der Waals surface area (Å²) in [6.45, 7) is 5.96. The highest BCUT2D eigenvalue weighted by atomic mass is 35.5. The molecular formula is C13H16ClN3O. The van der Waals surface area contributed by atoms with Crippen molar-refractivity contribution in [2.75, 3.05) is 38.1 Å². The van der Waals surface area contributed by atoms with Crippen LogP contribution in [0.3, 0.4) is 0 Å². The average Bonchev–Trinajstić information content (AvgIpc) is 2.74. The van der Waals surface area contributed by atoms with Crippen LogP contribution in [0.15, 0.2) is 16.5 Å². The smallest absolute Gasteiger partial charge is 0.298 e. The summed E-state index contributed by atoms with van der Waals surface area (Å²) in [6.07, 6.45) is 0. The van der Waals surface area contributed by atoms with Crippen molar-refractivity contribution in [1.29, 1.82) is 0 Å². The van der Waals surface area contributed by atoms with Crippen LogP contribution >= 0.6 is 11.6 Å². The first-order chi connectivity index (χ1) is 8.63. The van der Waals surface area contributed by atoms with Crippen LogP contribution in [-0.2, 0) is 0 Å². The summed E-state index contributed by atoms with van der Waals surface area (Å²) < 4.78 is 5.79. The van der Waals surface area contributed by atoms with Crippen molar-refractivity contribution >= 4 is 28.7 Å². The maximum absolute atomic E-state index is 6.18. The third kappa shape index (κ3) is 2.06. The highest BCUT2D eigenvalue weighted by Crippen LogP contribution is 2.29. The number of hydrogen-bond donors (Lipinski definition) is 0. The van der Waals surface area contributed by atoms with E-state index in [0.29, 0.717) is 16.6 Å². The van der Waals surface area contributed by atoms with Crippen molar-refractivity contribution in [3.05, 3.63) is 22.7 Å². The lowest BCUT2D eigenvalue weighted by Crippen LogP contribution is -2.44. The predicted octanol–water partition coefficient (Wildman–Crippen LogP) is 2.54. The molecule has 0 bridgehead atoms. The van der Waals surface area contributed by atoms with Crippen molar-refractivity contribution in [2.24, 2.45) is 0 Å². The Morgan fingerprint density at radius 2 is 1.94 bits per heavy atom. The van der Waals surface area contributed by atoms with Crippen LogP contribution in [0, 0.1) is 6.92 Å². The molecule has 4 nitrogen and oxygen atoms in total. The van der Waals surface area contributed by atoms with Crippen LogP contribution in [0.2, 0.25) is 5.02 Å². The molecule has 1 aliphatic heterocycles. The van der Waals surface area contributed by atoms with Gasteiger partial charge in [0.15, 0.2) is 5.58 Å². The van der Waals surface area contributed by atoms with Gasteiger partial charge in [-0.25, -0.2) is 0 Å². The summed E-state index contributed by atoms with van der Waals surface area (Å²) in [4.78, 5) is 9.01. The molecule has 0 unspecified atom stereocenters. The Hall–Kier alpha value is -1.26. The maximum Gasteiger partial charge on any atom is 0.298 e. The number of halogens is 1. The van der Waals surface area contributed by atoms with Crippen LogP contribution in [0.25, 0.3) is 11.1 Å². The molecule has 5 heteroatoms. The zero-order chi connectivity index (χ0) is 12.7. The van der Waals surface area contributed by atoms with Crippen molar-refractivity contribution < 1.29 is 4.42 Å². The van der Waals surface area contributed by atoms with E-state index in [0.717, 1.165) is 37.3 Å². The molecule has 0 aliphatic carbocycles. The summed E-state index contributed by atoms with van der Waals surface area (Å²) in [6, 6.07) is 4.60. The molecule has 0 N–H and O–H groups in total. The van der Waals surface area contributed by atoms with Gasteiger partial charge in [-0.2, -0.15) is 4.98 Å². The van der Waals surface area contributed by atoms with Gasteiger partial charge in [0, 0.05) is 26.2 Å². The van der Waals surface area contributed by atoms with Crippen LogP contribution < -0.4 is 4.90 Å². The van der Waals surface area contributed by atoms with E-state index in [1.807, 2.05) is 19.1 Å². The average molecular weight is 266 g/mol. The first kappa shape index (κ1) is 11.8. The second kappa shape index (κ2) is 4.44. The molecule has 0 radical (unpaired) electrons. The topological polar surface area (TPSA) is 32.5 Å². The van der Waals surface area contributed by atoms with Gasteiger partial charge in [-0.15, -0.1) is 0 Å². The molecular weight excluding hydrogens is 250 g/mol. The minimum atomic E-state index is 0.637. The summed E-state index contributed by atoms with van der Waals surface area (Å²) in [5, 5.41) is 0.637.